The van der Waals surface area contributed by atoms with Crippen LogP contribution in [0.5, 0.6) is 0 Å². The fourth-order valence-corrected chi connectivity index (χ4v) is 5.07. The van der Waals surface area contributed by atoms with Crippen molar-refractivity contribution < 1.29 is 18.0 Å². The lowest BCUT2D eigenvalue weighted by Gasteiger charge is -2.38. The Bertz CT molecular complexity index is 801. The van der Waals surface area contributed by atoms with E-state index in [1.165, 1.54) is 9.21 Å². The van der Waals surface area contributed by atoms with Crippen LogP contribution in [-0.4, -0.2) is 73.7 Å². The molecular formula is C18H26N4O4S. The predicted octanol–water partition coefficient (Wildman–Crippen LogP) is 0.619. The number of nitrogens with two attached hydrogens (primary N) is 1. The predicted molar refractivity (Wildman–Crippen MR) is 100 cm³/mol. The maximum Gasteiger partial charge on any atom is 0.314 e. The number of nitrogens with zero attached hydrogens (tertiary/aromatic N) is 3. The lowest BCUT2D eigenvalue weighted by atomic mass is 9.96. The highest BCUT2D eigenvalue weighted by Gasteiger charge is 2.34. The third-order valence-corrected chi connectivity index (χ3v) is 7.20. The van der Waals surface area contributed by atoms with Gasteiger partial charge in [-0.05, 0) is 31.9 Å². The average Bonchev–Trinajstić information content (AvgIpc) is 2.68. The zero-order valence-electron chi connectivity index (χ0n) is 15.5. The van der Waals surface area contributed by atoms with E-state index in [9.17, 15) is 18.0 Å². The molecule has 148 valence electrons. The average molecular weight is 394 g/mol. The zero-order chi connectivity index (χ0) is 19.6. The van der Waals surface area contributed by atoms with Crippen molar-refractivity contribution in [3.05, 3.63) is 29.8 Å². The van der Waals surface area contributed by atoms with Gasteiger partial charge in [-0.25, -0.2) is 13.2 Å². The largest absolute Gasteiger partial charge is 0.351 e. The molecule has 3 amide bonds. The van der Waals surface area contributed by atoms with Gasteiger partial charge in [0.25, 0.3) is 0 Å². The number of sulfonamides is 1. The van der Waals surface area contributed by atoms with Gasteiger partial charge in [-0.2, -0.15) is 4.31 Å². The summed E-state index contributed by atoms with van der Waals surface area (Å²) in [6.45, 7) is 4.10. The van der Waals surface area contributed by atoms with Crippen LogP contribution in [0, 0.1) is 12.8 Å². The minimum Gasteiger partial charge on any atom is -0.351 e. The number of piperazine rings is 1. The molecule has 9 heteroatoms. The molecule has 1 atom stereocenters. The minimum absolute atomic E-state index is 0.0201. The molecule has 0 aliphatic carbocycles. The van der Waals surface area contributed by atoms with Crippen LogP contribution in [0.3, 0.4) is 0 Å². The Labute approximate surface area is 160 Å². The van der Waals surface area contributed by atoms with Gasteiger partial charge in [-0.1, -0.05) is 17.7 Å². The molecule has 2 fully saturated rings. The van der Waals surface area contributed by atoms with E-state index in [0.29, 0.717) is 26.2 Å². The number of aryl methyl sites for hydroxylation is 1. The first-order valence-electron chi connectivity index (χ1n) is 9.19. The molecule has 2 aliphatic rings. The van der Waals surface area contributed by atoms with E-state index in [1.807, 2.05) is 6.92 Å². The molecule has 2 heterocycles. The van der Waals surface area contributed by atoms with E-state index in [0.717, 1.165) is 18.4 Å². The van der Waals surface area contributed by atoms with Gasteiger partial charge in [0.05, 0.1) is 10.8 Å². The number of benzene rings is 1. The molecular weight excluding hydrogens is 368 g/mol. The third-order valence-electron chi connectivity index (χ3n) is 5.29. The van der Waals surface area contributed by atoms with E-state index in [4.69, 9.17) is 5.73 Å². The van der Waals surface area contributed by atoms with Crippen LogP contribution in [-0.2, 0) is 14.8 Å². The number of primary amides is 1. The standard InChI is InChI=1S/C18H26N4O4S/c1-14-4-6-16(7-5-14)27(25,26)22-11-9-20(10-12-22)17(23)15-3-2-8-21(13-15)18(19)24/h4-7,15H,2-3,8-13H2,1H3,(H2,19,24)/t15-/m1/s1. The van der Waals surface area contributed by atoms with Crippen molar-refractivity contribution in [2.45, 2.75) is 24.7 Å². The normalized spacial score (nSPS) is 21.9. The topological polar surface area (TPSA) is 104 Å². The van der Waals surface area contributed by atoms with Crippen molar-refractivity contribution in [1.29, 1.82) is 0 Å². The number of carbonyl (C=O) groups is 2. The van der Waals surface area contributed by atoms with E-state index >= 15 is 0 Å². The first kappa shape index (κ1) is 19.6. The van der Waals surface area contributed by atoms with Gasteiger partial charge < -0.3 is 15.5 Å². The second-order valence-electron chi connectivity index (χ2n) is 7.17. The molecule has 1 aromatic carbocycles. The van der Waals surface area contributed by atoms with E-state index in [1.54, 1.807) is 29.2 Å². The number of hydrogen-bond donors (Lipinski definition) is 1. The van der Waals surface area contributed by atoms with Crippen LogP contribution in [0.1, 0.15) is 18.4 Å². The van der Waals surface area contributed by atoms with Crippen molar-refractivity contribution in [3.63, 3.8) is 0 Å². The monoisotopic (exact) mass is 394 g/mol. The molecule has 3 rings (SSSR count). The highest BCUT2D eigenvalue weighted by Crippen LogP contribution is 2.22. The number of urea groups is 1. The summed E-state index contributed by atoms with van der Waals surface area (Å²) in [6.07, 6.45) is 1.48. The van der Waals surface area contributed by atoms with Gasteiger partial charge >= 0.3 is 6.03 Å². The molecule has 27 heavy (non-hydrogen) atoms. The number of rotatable bonds is 3. The maximum atomic E-state index is 12.8. The molecule has 0 bridgehead atoms. The second kappa shape index (κ2) is 7.85. The van der Waals surface area contributed by atoms with Crippen LogP contribution in [0.2, 0.25) is 0 Å². The molecule has 2 aliphatic heterocycles. The Hall–Kier alpha value is -2.13. The maximum absolute atomic E-state index is 12.8. The van der Waals surface area contributed by atoms with Gasteiger partial charge in [-0.3, -0.25) is 4.79 Å². The highest BCUT2D eigenvalue weighted by atomic mass is 32.2. The van der Waals surface area contributed by atoms with Crippen molar-refractivity contribution in [3.8, 4) is 0 Å². The van der Waals surface area contributed by atoms with Crippen molar-refractivity contribution >= 4 is 22.0 Å². The Kier molecular flexibility index (Phi) is 5.71. The van der Waals surface area contributed by atoms with Crippen LogP contribution in [0.4, 0.5) is 4.79 Å². The summed E-state index contributed by atoms with van der Waals surface area (Å²) in [5.41, 5.74) is 6.33. The number of piperidine rings is 1. The van der Waals surface area contributed by atoms with Crippen LogP contribution >= 0.6 is 0 Å². The quantitative estimate of drug-likeness (QED) is 0.811. The summed E-state index contributed by atoms with van der Waals surface area (Å²) in [5.74, 6) is -0.278. The fraction of sp³-hybridized carbons (Fsp3) is 0.556. The van der Waals surface area contributed by atoms with Crippen molar-refractivity contribution in [1.82, 2.24) is 14.1 Å². The van der Waals surface area contributed by atoms with Crippen LogP contribution in [0.25, 0.3) is 0 Å². The summed E-state index contributed by atoms with van der Waals surface area (Å²) >= 11 is 0. The van der Waals surface area contributed by atoms with Gasteiger partial charge in [0, 0.05) is 39.3 Å². The summed E-state index contributed by atoms with van der Waals surface area (Å²) < 4.78 is 26.9. The smallest absolute Gasteiger partial charge is 0.314 e. The summed E-state index contributed by atoms with van der Waals surface area (Å²) in [4.78, 5) is 27.6. The van der Waals surface area contributed by atoms with Gasteiger partial charge in [0.1, 0.15) is 0 Å². The molecule has 0 unspecified atom stereocenters. The molecule has 0 aromatic heterocycles. The molecule has 2 N–H and O–H groups in total. The molecule has 0 saturated carbocycles. The molecule has 2 saturated heterocycles. The van der Waals surface area contributed by atoms with Gasteiger partial charge in [0.15, 0.2) is 0 Å². The summed E-state index contributed by atoms with van der Waals surface area (Å²) in [5, 5.41) is 0. The first-order valence-corrected chi connectivity index (χ1v) is 10.6. The zero-order valence-corrected chi connectivity index (χ0v) is 16.3. The lowest BCUT2D eigenvalue weighted by molar-refractivity contribution is -0.138. The molecule has 0 radical (unpaired) electrons. The van der Waals surface area contributed by atoms with E-state index in [2.05, 4.69) is 0 Å². The number of amides is 3. The van der Waals surface area contributed by atoms with Crippen molar-refractivity contribution in [2.75, 3.05) is 39.3 Å². The Morgan fingerprint density at radius 1 is 1.00 bits per heavy atom. The first-order chi connectivity index (χ1) is 12.8. The summed E-state index contributed by atoms with van der Waals surface area (Å²) in [7, 11) is -3.55. The highest BCUT2D eigenvalue weighted by molar-refractivity contribution is 7.89. The van der Waals surface area contributed by atoms with Gasteiger partial charge in [0.2, 0.25) is 15.9 Å². The second-order valence-corrected chi connectivity index (χ2v) is 9.10. The molecule has 8 nitrogen and oxygen atoms in total. The number of carbonyl (C=O) groups excluding carboxylic acids is 2. The van der Waals surface area contributed by atoms with E-state index in [-0.39, 0.29) is 29.8 Å². The number of hydrogen-bond acceptors (Lipinski definition) is 4. The number of likely N-dealkylation sites (tertiary alicyclic amines) is 1. The van der Waals surface area contributed by atoms with E-state index < -0.39 is 16.1 Å². The van der Waals surface area contributed by atoms with Gasteiger partial charge in [-0.15, -0.1) is 0 Å². The SMILES string of the molecule is Cc1ccc(S(=O)(=O)N2CCN(C(=O)[C@@H]3CCCN(C(N)=O)C3)CC2)cc1. The summed E-state index contributed by atoms with van der Waals surface area (Å²) in [6, 6.07) is 6.28. The fourth-order valence-electron chi connectivity index (χ4n) is 3.65. The van der Waals surface area contributed by atoms with Crippen LogP contribution in [0.15, 0.2) is 29.2 Å². The lowest BCUT2D eigenvalue weighted by Crippen LogP contribution is -2.54. The Balaban J connectivity index is 1.60. The van der Waals surface area contributed by atoms with Crippen LogP contribution < -0.4 is 5.73 Å². The third kappa shape index (κ3) is 4.24. The van der Waals surface area contributed by atoms with Crippen molar-refractivity contribution in [2.24, 2.45) is 11.7 Å². The minimum atomic E-state index is -3.55. The Morgan fingerprint density at radius 2 is 1.63 bits per heavy atom. The molecule has 1 aromatic rings. The Morgan fingerprint density at radius 3 is 2.22 bits per heavy atom. The molecule has 0 spiro atoms.